The van der Waals surface area contributed by atoms with Crippen LogP contribution in [0.5, 0.6) is 0 Å². The molecule has 118 valence electrons. The van der Waals surface area contributed by atoms with Crippen molar-refractivity contribution < 1.29 is 19.1 Å². The molecule has 1 saturated carbocycles. The van der Waals surface area contributed by atoms with Crippen molar-refractivity contribution in [2.45, 2.75) is 38.2 Å². The summed E-state index contributed by atoms with van der Waals surface area (Å²) in [5.41, 5.74) is -0.516. The maximum absolute atomic E-state index is 12.1. The zero-order chi connectivity index (χ0) is 15.6. The average molecular weight is 305 g/mol. The Morgan fingerprint density at radius 1 is 1.50 bits per heavy atom. The highest BCUT2D eigenvalue weighted by atomic mass is 16.6. The molecule has 7 nitrogen and oxygen atoms in total. The minimum Gasteiger partial charge on any atom is -0.466 e. The Morgan fingerprint density at radius 2 is 2.27 bits per heavy atom. The molecule has 1 aliphatic heterocycles. The van der Waals surface area contributed by atoms with Crippen molar-refractivity contribution in [2.75, 3.05) is 18.1 Å². The van der Waals surface area contributed by atoms with Crippen molar-refractivity contribution in [3.63, 3.8) is 0 Å². The molecule has 1 spiro atoms. The molecule has 2 fully saturated rings. The topological polar surface area (TPSA) is 81.6 Å². The number of carbonyl (C=O) groups is 2. The van der Waals surface area contributed by atoms with Crippen molar-refractivity contribution >= 4 is 17.9 Å². The predicted octanol–water partition coefficient (Wildman–Crippen LogP) is 1.93. The van der Waals surface area contributed by atoms with E-state index in [0.717, 1.165) is 0 Å². The van der Waals surface area contributed by atoms with Gasteiger partial charge in [-0.25, -0.2) is 4.79 Å². The Labute approximate surface area is 128 Å². The molecule has 1 saturated heterocycles. The number of hydrogen-bond donors (Lipinski definition) is 0. The van der Waals surface area contributed by atoms with E-state index in [1.54, 1.807) is 25.3 Å². The van der Waals surface area contributed by atoms with Gasteiger partial charge in [0, 0.05) is 6.20 Å². The lowest BCUT2D eigenvalue weighted by Gasteiger charge is -2.33. The first-order valence-electron chi connectivity index (χ1n) is 7.58. The first-order valence-corrected chi connectivity index (χ1v) is 7.58. The number of aromatic nitrogens is 2. The van der Waals surface area contributed by atoms with Crippen molar-refractivity contribution in [1.82, 2.24) is 10.2 Å². The highest BCUT2D eigenvalue weighted by Crippen LogP contribution is 2.40. The van der Waals surface area contributed by atoms with Crippen LogP contribution in [0.4, 0.5) is 10.6 Å². The molecule has 0 atom stereocenters. The van der Waals surface area contributed by atoms with Gasteiger partial charge in [-0.3, -0.25) is 9.69 Å². The summed E-state index contributed by atoms with van der Waals surface area (Å²) in [6.45, 7) is 2.66. The van der Waals surface area contributed by atoms with Crippen LogP contribution in [-0.4, -0.2) is 41.0 Å². The number of esters is 1. The van der Waals surface area contributed by atoms with Crippen molar-refractivity contribution in [3.05, 3.63) is 18.3 Å². The molecule has 0 radical (unpaired) electrons. The molecule has 2 heterocycles. The lowest BCUT2D eigenvalue weighted by molar-refractivity contribution is -0.150. The second kappa shape index (κ2) is 5.90. The largest absolute Gasteiger partial charge is 0.466 e. The molecule has 7 heteroatoms. The van der Waals surface area contributed by atoms with Gasteiger partial charge in [0.25, 0.3) is 0 Å². The molecule has 1 aromatic rings. The fourth-order valence-electron chi connectivity index (χ4n) is 3.14. The third-order valence-electron chi connectivity index (χ3n) is 4.32. The van der Waals surface area contributed by atoms with Crippen LogP contribution >= 0.6 is 0 Å². The molecular formula is C15H19N3O4. The van der Waals surface area contributed by atoms with Crippen LogP contribution in [-0.2, 0) is 14.3 Å². The summed E-state index contributed by atoms with van der Waals surface area (Å²) in [6.07, 6.45) is 3.86. The van der Waals surface area contributed by atoms with Crippen LogP contribution < -0.4 is 4.90 Å². The lowest BCUT2D eigenvalue weighted by atomic mass is 9.79. The third-order valence-corrected chi connectivity index (χ3v) is 4.32. The zero-order valence-electron chi connectivity index (χ0n) is 12.5. The Balaban J connectivity index is 1.65. The number of carbonyl (C=O) groups excluding carboxylic acids is 2. The summed E-state index contributed by atoms with van der Waals surface area (Å²) >= 11 is 0. The van der Waals surface area contributed by atoms with Gasteiger partial charge < -0.3 is 9.47 Å². The van der Waals surface area contributed by atoms with Gasteiger partial charge in [0.2, 0.25) is 0 Å². The minimum atomic E-state index is -0.516. The number of ether oxygens (including phenoxy) is 2. The molecule has 1 aromatic heterocycles. The quantitative estimate of drug-likeness (QED) is 0.794. The summed E-state index contributed by atoms with van der Waals surface area (Å²) in [6, 6.07) is 3.47. The molecule has 0 aromatic carbocycles. The molecule has 2 aliphatic rings. The maximum Gasteiger partial charge on any atom is 0.416 e. The number of rotatable bonds is 3. The molecule has 0 unspecified atom stereocenters. The lowest BCUT2D eigenvalue weighted by Crippen LogP contribution is -2.40. The van der Waals surface area contributed by atoms with Crippen LogP contribution in [0.25, 0.3) is 0 Å². The summed E-state index contributed by atoms with van der Waals surface area (Å²) < 4.78 is 10.7. The zero-order valence-corrected chi connectivity index (χ0v) is 12.5. The van der Waals surface area contributed by atoms with E-state index >= 15 is 0 Å². The van der Waals surface area contributed by atoms with E-state index in [-0.39, 0.29) is 11.9 Å². The van der Waals surface area contributed by atoms with Gasteiger partial charge in [-0.05, 0) is 44.7 Å². The van der Waals surface area contributed by atoms with Crippen LogP contribution in [0.3, 0.4) is 0 Å². The molecule has 1 amide bonds. The van der Waals surface area contributed by atoms with E-state index in [1.165, 1.54) is 4.90 Å². The minimum absolute atomic E-state index is 0.0881. The molecule has 22 heavy (non-hydrogen) atoms. The first kappa shape index (κ1) is 14.7. The molecule has 3 rings (SSSR count). The van der Waals surface area contributed by atoms with Crippen LogP contribution in [0.15, 0.2) is 18.3 Å². The van der Waals surface area contributed by atoms with Crippen LogP contribution in [0.2, 0.25) is 0 Å². The Bertz CT molecular complexity index is 555. The Morgan fingerprint density at radius 3 is 2.91 bits per heavy atom. The molecular weight excluding hydrogens is 286 g/mol. The summed E-state index contributed by atoms with van der Waals surface area (Å²) in [5, 5.41) is 7.75. The number of anilines is 1. The number of nitrogens with zero attached hydrogens (tertiary/aromatic N) is 3. The Kier molecular flexibility index (Phi) is 3.96. The van der Waals surface area contributed by atoms with Gasteiger partial charge >= 0.3 is 12.1 Å². The van der Waals surface area contributed by atoms with Gasteiger partial charge in [0.05, 0.1) is 19.1 Å². The SMILES string of the molecule is CCOC(=O)C1CCC2(CC1)CN(c1cccnn1)C(=O)O2. The average Bonchev–Trinajstić information content (AvgIpc) is 2.85. The third kappa shape index (κ3) is 2.75. The van der Waals surface area contributed by atoms with E-state index in [4.69, 9.17) is 9.47 Å². The summed E-state index contributed by atoms with van der Waals surface area (Å²) in [5.74, 6) is 0.263. The predicted molar refractivity (Wildman–Crippen MR) is 77.2 cm³/mol. The van der Waals surface area contributed by atoms with E-state index in [1.807, 2.05) is 0 Å². The van der Waals surface area contributed by atoms with Gasteiger partial charge in [-0.2, -0.15) is 5.10 Å². The Hall–Kier alpha value is -2.18. The standard InChI is InChI=1S/C15H19N3O4/c1-2-21-13(19)11-5-7-15(8-6-11)10-18(14(20)22-15)12-4-3-9-16-17-12/h3-4,9,11H,2,5-8,10H2,1H3. The molecule has 0 bridgehead atoms. The second-order valence-corrected chi connectivity index (χ2v) is 5.75. The fourth-order valence-corrected chi connectivity index (χ4v) is 3.14. The highest BCUT2D eigenvalue weighted by Gasteiger charge is 2.49. The van der Waals surface area contributed by atoms with Crippen LogP contribution in [0, 0.1) is 5.92 Å². The van der Waals surface area contributed by atoms with E-state index in [2.05, 4.69) is 10.2 Å². The van der Waals surface area contributed by atoms with Crippen molar-refractivity contribution in [2.24, 2.45) is 5.92 Å². The number of hydrogen-bond acceptors (Lipinski definition) is 6. The van der Waals surface area contributed by atoms with E-state index < -0.39 is 11.7 Å². The first-order chi connectivity index (χ1) is 10.6. The number of amides is 1. The van der Waals surface area contributed by atoms with Gasteiger partial charge in [0.1, 0.15) is 5.60 Å². The van der Waals surface area contributed by atoms with Crippen molar-refractivity contribution in [3.8, 4) is 0 Å². The van der Waals surface area contributed by atoms with Gasteiger partial charge in [0.15, 0.2) is 5.82 Å². The highest BCUT2D eigenvalue weighted by molar-refractivity contribution is 5.89. The molecule has 1 aliphatic carbocycles. The normalized spacial score (nSPS) is 27.8. The van der Waals surface area contributed by atoms with E-state index in [0.29, 0.717) is 44.7 Å². The van der Waals surface area contributed by atoms with Crippen molar-refractivity contribution in [1.29, 1.82) is 0 Å². The summed E-state index contributed by atoms with van der Waals surface area (Å²) in [4.78, 5) is 25.4. The van der Waals surface area contributed by atoms with E-state index in [9.17, 15) is 9.59 Å². The monoisotopic (exact) mass is 305 g/mol. The molecule has 0 N–H and O–H groups in total. The second-order valence-electron chi connectivity index (χ2n) is 5.75. The van der Waals surface area contributed by atoms with Crippen LogP contribution in [0.1, 0.15) is 32.6 Å². The maximum atomic E-state index is 12.1. The fraction of sp³-hybridized carbons (Fsp3) is 0.600. The smallest absolute Gasteiger partial charge is 0.416 e. The summed E-state index contributed by atoms with van der Waals surface area (Å²) in [7, 11) is 0. The van der Waals surface area contributed by atoms with Gasteiger partial charge in [-0.1, -0.05) is 0 Å². The van der Waals surface area contributed by atoms with Gasteiger partial charge in [-0.15, -0.1) is 5.10 Å².